The van der Waals surface area contributed by atoms with Crippen molar-refractivity contribution in [3.8, 4) is 0 Å². The number of azide groups is 1. The lowest BCUT2D eigenvalue weighted by molar-refractivity contribution is 1.82. The van der Waals surface area contributed by atoms with Crippen molar-refractivity contribution in [3.63, 3.8) is 0 Å². The molecule has 4 heteroatoms. The van der Waals surface area contributed by atoms with Gasteiger partial charge in [-0.1, -0.05) is 0 Å². The second-order valence-corrected chi connectivity index (χ2v) is 0.514. The Morgan fingerprint density at radius 1 is 2.00 bits per heavy atom. The van der Waals surface area contributed by atoms with Gasteiger partial charge in [0, 0.05) is 9.80 Å². The van der Waals surface area contributed by atoms with Crippen LogP contribution in [0.1, 0.15) is 0 Å². The maximum atomic E-state index is 7.34. The average Bonchev–Trinajstić information content (AvgIpc) is 1.37. The highest BCUT2D eigenvalue weighted by Crippen LogP contribution is 1.75. The summed E-state index contributed by atoms with van der Waals surface area (Å²) in [5, 5.41) is 0. The van der Waals surface area contributed by atoms with Crippen molar-refractivity contribution in [2.75, 3.05) is 0 Å². The van der Waals surface area contributed by atoms with Crippen LogP contribution in [0.5, 0.6) is 0 Å². The summed E-state index contributed by atoms with van der Waals surface area (Å²) in [5.41, 5.74) is 7.34. The molecule has 0 aromatic carbocycles. The van der Waals surface area contributed by atoms with Crippen LogP contribution >= 0.6 is 9.39 Å². The van der Waals surface area contributed by atoms with Crippen molar-refractivity contribution in [2.24, 2.45) is 4.88 Å². The molecule has 0 amide bonds. The van der Waals surface area contributed by atoms with Gasteiger partial charge in [-0.25, -0.2) is 0 Å². The van der Waals surface area contributed by atoms with E-state index in [9.17, 15) is 0 Å². The van der Waals surface area contributed by atoms with Crippen molar-refractivity contribution in [3.05, 3.63) is 10.4 Å². The Morgan fingerprint density at radius 3 is 2.25 bits per heavy atom. The van der Waals surface area contributed by atoms with E-state index in [1.54, 1.807) is 0 Å². The second-order valence-electron chi connectivity index (χ2n) is 0.231. The minimum Gasteiger partial charge on any atom is -0.000380 e. The first-order chi connectivity index (χ1) is 1.91. The SMILES string of the molecule is [N-]=[N+]=N[PH3+]. The molecule has 0 rings (SSSR count). The molecule has 4 heavy (non-hydrogen) atoms. The molecule has 22 valence electrons. The van der Waals surface area contributed by atoms with Gasteiger partial charge in [0.15, 0.2) is 0 Å². The maximum absolute atomic E-state index is 7.34. The molecular weight excluding hydrogens is 73.0 g/mol. The fourth-order valence-corrected chi connectivity index (χ4v) is 0. The number of rotatable bonds is 0. The smallest absolute Gasteiger partial charge is 0.000380 e. The summed E-state index contributed by atoms with van der Waals surface area (Å²) in [4.78, 5) is 5.32. The van der Waals surface area contributed by atoms with E-state index in [4.69, 9.17) is 5.53 Å². The highest BCUT2D eigenvalue weighted by atomic mass is 31.0. The van der Waals surface area contributed by atoms with Crippen LogP contribution in [0.4, 0.5) is 0 Å². The van der Waals surface area contributed by atoms with Crippen molar-refractivity contribution in [1.82, 2.24) is 0 Å². The predicted molar refractivity (Wildman–Crippen MR) is 20.3 cm³/mol. The van der Waals surface area contributed by atoms with Crippen molar-refractivity contribution in [1.29, 1.82) is 0 Å². The van der Waals surface area contributed by atoms with Crippen LogP contribution in [0.15, 0.2) is 4.88 Å². The van der Waals surface area contributed by atoms with Crippen molar-refractivity contribution >= 4 is 9.39 Å². The zero-order valence-corrected chi connectivity index (χ0v) is 3.46. The fraction of sp³-hybridized carbons (Fsp3) is 0. The quantitative estimate of drug-likeness (QED) is 0.177. The van der Waals surface area contributed by atoms with E-state index >= 15 is 0 Å². The Kier molecular flexibility index (Phi) is 2.56. The first kappa shape index (κ1) is 3.74. The van der Waals surface area contributed by atoms with Crippen LogP contribution in [-0.4, -0.2) is 0 Å². The molecule has 0 bridgehead atoms. The van der Waals surface area contributed by atoms with Crippen LogP contribution in [0.25, 0.3) is 10.4 Å². The van der Waals surface area contributed by atoms with Gasteiger partial charge < -0.3 is 0 Å². The Bertz CT molecular complexity index is 41.2. The summed E-state index contributed by atoms with van der Waals surface area (Å²) < 4.78 is 0. The molecule has 0 fully saturated rings. The van der Waals surface area contributed by atoms with Crippen LogP contribution < -0.4 is 0 Å². The molecule has 0 aromatic rings. The minimum absolute atomic E-state index is 1.23. The monoisotopic (exact) mass is 76.0 g/mol. The van der Waals surface area contributed by atoms with E-state index in [-0.39, 0.29) is 0 Å². The average molecular weight is 76.0 g/mol. The lowest BCUT2D eigenvalue weighted by Gasteiger charge is -1.26. The Hall–Kier alpha value is -0.260. The van der Waals surface area contributed by atoms with Crippen LogP contribution in [0.3, 0.4) is 0 Å². The highest BCUT2D eigenvalue weighted by molar-refractivity contribution is 7.14. The Morgan fingerprint density at radius 2 is 2.25 bits per heavy atom. The van der Waals surface area contributed by atoms with Crippen LogP contribution in [0.2, 0.25) is 0 Å². The molecule has 3 nitrogen and oxygen atoms in total. The van der Waals surface area contributed by atoms with E-state index in [0.29, 0.717) is 0 Å². The topological polar surface area (TPSA) is 48.8 Å². The third-order valence-corrected chi connectivity index (χ3v) is 0.190. The van der Waals surface area contributed by atoms with Gasteiger partial charge in [0.1, 0.15) is 0 Å². The van der Waals surface area contributed by atoms with E-state index in [2.05, 4.69) is 9.80 Å². The fourth-order valence-electron chi connectivity index (χ4n) is 0. The van der Waals surface area contributed by atoms with Gasteiger partial charge in [-0.05, 0) is 5.53 Å². The molecule has 0 saturated carbocycles. The van der Waals surface area contributed by atoms with Gasteiger partial charge >= 0.3 is 0 Å². The maximum Gasteiger partial charge on any atom is 0.0860 e. The molecule has 1 unspecified atom stereocenters. The van der Waals surface area contributed by atoms with Gasteiger partial charge in [-0.2, -0.15) is 0 Å². The first-order valence-electron chi connectivity index (χ1n) is 0.716. The highest BCUT2D eigenvalue weighted by Gasteiger charge is 1.36. The van der Waals surface area contributed by atoms with Crippen LogP contribution in [0, 0.1) is 0 Å². The van der Waals surface area contributed by atoms with E-state index in [1.807, 2.05) is 0 Å². The lowest BCUT2D eigenvalue weighted by atomic mass is 13.0. The number of hydrogen-bond acceptors (Lipinski definition) is 1. The summed E-state index contributed by atoms with van der Waals surface area (Å²) in [5.74, 6) is 0. The predicted octanol–water partition coefficient (Wildman–Crippen LogP) is 0.819. The summed E-state index contributed by atoms with van der Waals surface area (Å²) in [6, 6.07) is 0. The largest absolute Gasteiger partial charge is 0.0860 e. The third-order valence-electron chi connectivity index (χ3n) is 0.0632. The van der Waals surface area contributed by atoms with E-state index < -0.39 is 0 Å². The molecule has 0 spiro atoms. The van der Waals surface area contributed by atoms with Gasteiger partial charge in [0.2, 0.25) is 0 Å². The second kappa shape index (κ2) is 2.74. The molecule has 0 N–H and O–H groups in total. The minimum atomic E-state index is 1.23. The van der Waals surface area contributed by atoms with Crippen molar-refractivity contribution < 1.29 is 0 Å². The zero-order chi connectivity index (χ0) is 3.41. The summed E-state index contributed by atoms with van der Waals surface area (Å²) >= 11 is 0. The van der Waals surface area contributed by atoms with Gasteiger partial charge in [0.05, 0.1) is 9.39 Å². The first-order valence-corrected chi connectivity index (χ1v) is 1.35. The van der Waals surface area contributed by atoms with Gasteiger partial charge in [-0.15, -0.1) is 0 Å². The summed E-state index contributed by atoms with van der Waals surface area (Å²) in [6.45, 7) is 0. The van der Waals surface area contributed by atoms with Crippen molar-refractivity contribution in [2.45, 2.75) is 0 Å². The van der Waals surface area contributed by atoms with Gasteiger partial charge in [0.25, 0.3) is 0 Å². The molecule has 0 aliphatic carbocycles. The summed E-state index contributed by atoms with van der Waals surface area (Å²) in [6.07, 6.45) is 0. The molecular formula is H3N3P+. The molecule has 0 saturated heterocycles. The van der Waals surface area contributed by atoms with E-state index in [1.165, 1.54) is 9.39 Å². The van der Waals surface area contributed by atoms with Gasteiger partial charge in [-0.3, -0.25) is 0 Å². The molecule has 0 aromatic heterocycles. The zero-order valence-electron chi connectivity index (χ0n) is 2.05. The lowest BCUT2D eigenvalue weighted by Crippen LogP contribution is -0.957. The third kappa shape index (κ3) is 1.74. The molecule has 0 heterocycles. The molecule has 0 aliphatic rings. The number of nitrogens with zero attached hydrogens (tertiary/aromatic N) is 3. The Balaban J connectivity index is 3.11. The molecule has 0 radical (unpaired) electrons. The standard InChI is InChI=1S/H2N3P/c1-2-3-4/h4H2/p+1. The molecule has 0 aliphatic heterocycles. The van der Waals surface area contributed by atoms with Crippen LogP contribution in [-0.2, 0) is 0 Å². The molecule has 1 atom stereocenters. The Labute approximate surface area is 25.9 Å². The normalized spacial score (nSPS) is 5.00. The van der Waals surface area contributed by atoms with E-state index in [0.717, 1.165) is 0 Å². The number of hydrogen-bond donors (Lipinski definition) is 0. The summed E-state index contributed by atoms with van der Waals surface area (Å²) in [7, 11) is 1.23.